The maximum atomic E-state index is 5.99. The minimum atomic E-state index is 0.609. The summed E-state index contributed by atoms with van der Waals surface area (Å²) in [6.07, 6.45) is 3.55. The van der Waals surface area contributed by atoms with Gasteiger partial charge in [-0.2, -0.15) is 0 Å². The number of nitrogens with zero attached hydrogens (tertiary/aromatic N) is 3. The van der Waals surface area contributed by atoms with Crippen molar-refractivity contribution in [2.45, 2.75) is 13.1 Å². The third-order valence-corrected chi connectivity index (χ3v) is 3.25. The smallest absolute Gasteiger partial charge is 0.194 e. The molecule has 0 saturated carbocycles. The molecule has 0 aliphatic carbocycles. The standard InChI is InChI=1S/C14H19ClN4O/c1-16-14(17-8-13-5-4-6-20-13)19(3)10-12-7-11(15)9-18(12)2/h4-7,9H,8,10H2,1-3H3,(H,16,17). The van der Waals surface area contributed by atoms with Gasteiger partial charge >= 0.3 is 0 Å². The van der Waals surface area contributed by atoms with E-state index in [1.165, 1.54) is 0 Å². The van der Waals surface area contributed by atoms with Crippen LogP contribution in [-0.2, 0) is 20.1 Å². The quantitative estimate of drug-likeness (QED) is 0.696. The fourth-order valence-electron chi connectivity index (χ4n) is 2.01. The Bertz CT molecular complexity index is 574. The van der Waals surface area contributed by atoms with Crippen LogP contribution in [0.1, 0.15) is 11.5 Å². The van der Waals surface area contributed by atoms with Crippen LogP contribution in [0.25, 0.3) is 0 Å². The summed E-state index contributed by atoms with van der Waals surface area (Å²) in [6, 6.07) is 5.75. The Morgan fingerprint density at radius 1 is 1.55 bits per heavy atom. The topological polar surface area (TPSA) is 45.7 Å². The van der Waals surface area contributed by atoms with E-state index < -0.39 is 0 Å². The van der Waals surface area contributed by atoms with Crippen LogP contribution in [0.5, 0.6) is 0 Å². The van der Waals surface area contributed by atoms with Crippen molar-refractivity contribution in [2.75, 3.05) is 14.1 Å². The van der Waals surface area contributed by atoms with Crippen molar-refractivity contribution in [3.05, 3.63) is 47.1 Å². The Morgan fingerprint density at radius 2 is 2.35 bits per heavy atom. The molecule has 2 rings (SSSR count). The molecule has 0 spiro atoms. The molecule has 0 aliphatic heterocycles. The summed E-state index contributed by atoms with van der Waals surface area (Å²) in [6.45, 7) is 1.33. The van der Waals surface area contributed by atoms with Crippen molar-refractivity contribution in [1.82, 2.24) is 14.8 Å². The van der Waals surface area contributed by atoms with Crippen LogP contribution in [0.3, 0.4) is 0 Å². The highest BCUT2D eigenvalue weighted by atomic mass is 35.5. The fraction of sp³-hybridized carbons (Fsp3) is 0.357. The third kappa shape index (κ3) is 3.57. The second kappa shape index (κ2) is 6.52. The molecule has 0 aromatic carbocycles. The molecular formula is C14H19ClN4O. The Hall–Kier alpha value is -1.88. The van der Waals surface area contributed by atoms with E-state index >= 15 is 0 Å². The van der Waals surface area contributed by atoms with Gasteiger partial charge in [-0.15, -0.1) is 0 Å². The molecule has 0 fully saturated rings. The predicted octanol–water partition coefficient (Wildman–Crippen LogP) is 2.48. The van der Waals surface area contributed by atoms with Gasteiger partial charge in [-0.25, -0.2) is 0 Å². The van der Waals surface area contributed by atoms with Crippen LogP contribution in [-0.4, -0.2) is 29.5 Å². The van der Waals surface area contributed by atoms with Gasteiger partial charge in [0.25, 0.3) is 0 Å². The molecule has 0 unspecified atom stereocenters. The number of aryl methyl sites for hydroxylation is 1. The molecule has 2 heterocycles. The summed E-state index contributed by atoms with van der Waals surface area (Å²) >= 11 is 5.99. The predicted molar refractivity (Wildman–Crippen MR) is 80.8 cm³/mol. The summed E-state index contributed by atoms with van der Waals surface area (Å²) in [7, 11) is 5.73. The summed E-state index contributed by atoms with van der Waals surface area (Å²) in [5.74, 6) is 1.68. The molecule has 0 amide bonds. The Labute approximate surface area is 123 Å². The highest BCUT2D eigenvalue weighted by molar-refractivity contribution is 6.30. The number of halogens is 1. The molecule has 1 N–H and O–H groups in total. The molecule has 6 heteroatoms. The van der Waals surface area contributed by atoms with Crippen LogP contribution in [0, 0.1) is 0 Å². The zero-order chi connectivity index (χ0) is 14.5. The highest BCUT2D eigenvalue weighted by Gasteiger charge is 2.10. The van der Waals surface area contributed by atoms with Gasteiger partial charge in [0, 0.05) is 33.0 Å². The normalized spacial score (nSPS) is 11.7. The molecule has 2 aromatic rings. The number of rotatable bonds is 4. The van der Waals surface area contributed by atoms with Crippen molar-refractivity contribution < 1.29 is 4.42 Å². The van der Waals surface area contributed by atoms with Crippen LogP contribution in [0.4, 0.5) is 0 Å². The molecule has 0 atom stereocenters. The molecular weight excluding hydrogens is 276 g/mol. The van der Waals surface area contributed by atoms with Crippen molar-refractivity contribution in [3.8, 4) is 0 Å². The van der Waals surface area contributed by atoms with E-state index in [0.717, 1.165) is 29.0 Å². The first-order valence-electron chi connectivity index (χ1n) is 6.35. The Kier molecular flexibility index (Phi) is 4.74. The van der Waals surface area contributed by atoms with Crippen molar-refractivity contribution in [2.24, 2.45) is 12.0 Å². The Morgan fingerprint density at radius 3 is 2.90 bits per heavy atom. The van der Waals surface area contributed by atoms with E-state index in [2.05, 4.69) is 10.3 Å². The number of aromatic nitrogens is 1. The van der Waals surface area contributed by atoms with Crippen LogP contribution < -0.4 is 5.32 Å². The van der Waals surface area contributed by atoms with E-state index in [4.69, 9.17) is 16.0 Å². The molecule has 5 nitrogen and oxygen atoms in total. The van der Waals surface area contributed by atoms with Gasteiger partial charge in [0.05, 0.1) is 24.4 Å². The second-order valence-corrected chi connectivity index (χ2v) is 5.03. The van der Waals surface area contributed by atoms with Crippen LogP contribution in [0.15, 0.2) is 40.1 Å². The lowest BCUT2D eigenvalue weighted by atomic mass is 10.4. The summed E-state index contributed by atoms with van der Waals surface area (Å²) in [4.78, 5) is 6.30. The van der Waals surface area contributed by atoms with Gasteiger partial charge in [0.1, 0.15) is 5.76 Å². The van der Waals surface area contributed by atoms with E-state index in [0.29, 0.717) is 6.54 Å². The summed E-state index contributed by atoms with van der Waals surface area (Å²) in [5, 5.41) is 4.00. The first-order chi connectivity index (χ1) is 9.60. The first kappa shape index (κ1) is 14.5. The van der Waals surface area contributed by atoms with E-state index in [1.807, 2.05) is 48.0 Å². The lowest BCUT2D eigenvalue weighted by molar-refractivity contribution is 0.449. The summed E-state index contributed by atoms with van der Waals surface area (Å²) in [5.41, 5.74) is 1.12. The van der Waals surface area contributed by atoms with E-state index in [-0.39, 0.29) is 0 Å². The number of furan rings is 1. The zero-order valence-corrected chi connectivity index (χ0v) is 12.7. The highest BCUT2D eigenvalue weighted by Crippen LogP contribution is 2.14. The second-order valence-electron chi connectivity index (χ2n) is 4.60. The average molecular weight is 295 g/mol. The van der Waals surface area contributed by atoms with Gasteiger partial charge < -0.3 is 19.2 Å². The first-order valence-corrected chi connectivity index (χ1v) is 6.73. The van der Waals surface area contributed by atoms with Gasteiger partial charge in [-0.05, 0) is 18.2 Å². The van der Waals surface area contributed by atoms with Crippen molar-refractivity contribution in [3.63, 3.8) is 0 Å². The molecule has 2 aromatic heterocycles. The maximum Gasteiger partial charge on any atom is 0.194 e. The molecule has 0 bridgehead atoms. The fourth-order valence-corrected chi connectivity index (χ4v) is 2.28. The lowest BCUT2D eigenvalue weighted by Gasteiger charge is -2.22. The minimum absolute atomic E-state index is 0.609. The average Bonchev–Trinajstić information content (AvgIpc) is 3.01. The number of hydrogen-bond donors (Lipinski definition) is 1. The zero-order valence-electron chi connectivity index (χ0n) is 11.9. The van der Waals surface area contributed by atoms with E-state index in [9.17, 15) is 0 Å². The molecule has 0 aliphatic rings. The van der Waals surface area contributed by atoms with Gasteiger partial charge in [0.15, 0.2) is 5.96 Å². The lowest BCUT2D eigenvalue weighted by Crippen LogP contribution is -2.38. The number of hydrogen-bond acceptors (Lipinski definition) is 2. The van der Waals surface area contributed by atoms with Crippen LogP contribution in [0.2, 0.25) is 5.02 Å². The monoisotopic (exact) mass is 294 g/mol. The minimum Gasteiger partial charge on any atom is -0.467 e. The van der Waals surface area contributed by atoms with Gasteiger partial charge in [-0.3, -0.25) is 4.99 Å². The SMILES string of the molecule is CN=C(NCc1ccco1)N(C)Cc1cc(Cl)cn1C. The third-order valence-electron chi connectivity index (χ3n) is 3.05. The number of nitrogens with one attached hydrogen (secondary N) is 1. The number of guanidine groups is 1. The maximum absolute atomic E-state index is 5.99. The molecule has 20 heavy (non-hydrogen) atoms. The molecule has 108 valence electrons. The van der Waals surface area contributed by atoms with Crippen molar-refractivity contribution in [1.29, 1.82) is 0 Å². The van der Waals surface area contributed by atoms with E-state index in [1.54, 1.807) is 13.3 Å². The van der Waals surface area contributed by atoms with Gasteiger partial charge in [-0.1, -0.05) is 11.6 Å². The molecule has 0 saturated heterocycles. The van der Waals surface area contributed by atoms with Gasteiger partial charge in [0.2, 0.25) is 0 Å². The number of aliphatic imine (C=N–C) groups is 1. The Balaban J connectivity index is 1.95. The molecule has 0 radical (unpaired) electrons. The summed E-state index contributed by atoms with van der Waals surface area (Å²) < 4.78 is 7.30. The van der Waals surface area contributed by atoms with Crippen LogP contribution >= 0.6 is 11.6 Å². The largest absolute Gasteiger partial charge is 0.467 e. The van der Waals surface area contributed by atoms with Crippen molar-refractivity contribution >= 4 is 17.6 Å².